The van der Waals surface area contributed by atoms with Crippen molar-refractivity contribution in [3.8, 4) is 0 Å². The van der Waals surface area contributed by atoms with Gasteiger partial charge in [0.15, 0.2) is 0 Å². The number of nitrogens with two attached hydrogens (primary N) is 2. The van der Waals surface area contributed by atoms with Crippen molar-refractivity contribution in [2.45, 2.75) is 90.4 Å². The Kier molecular flexibility index (Phi) is 13.7. The molecular weight excluding hydrogens is 466 g/mol. The molecule has 0 saturated carbocycles. The summed E-state index contributed by atoms with van der Waals surface area (Å²) < 4.78 is 0. The summed E-state index contributed by atoms with van der Waals surface area (Å²) in [5.74, 6) is -2.92. The molecule has 1 aromatic heterocycles. The van der Waals surface area contributed by atoms with Crippen molar-refractivity contribution in [3.05, 3.63) is 18.2 Å². The summed E-state index contributed by atoms with van der Waals surface area (Å²) in [7, 11) is 0. The molecule has 12 nitrogen and oxygen atoms in total. The minimum atomic E-state index is -1.15. The highest BCUT2D eigenvalue weighted by Gasteiger charge is 2.32. The van der Waals surface area contributed by atoms with Crippen LogP contribution in [0.5, 0.6) is 0 Å². The van der Waals surface area contributed by atoms with Gasteiger partial charge in [0, 0.05) is 18.3 Å². The lowest BCUT2D eigenvalue weighted by Crippen LogP contribution is -2.58. The number of unbranched alkanes of at least 4 members (excludes halogenated alkanes) is 1. The van der Waals surface area contributed by atoms with E-state index in [0.717, 1.165) is 0 Å². The predicted octanol–water partition coefficient (Wildman–Crippen LogP) is 0.0397. The molecule has 0 aliphatic heterocycles. The van der Waals surface area contributed by atoms with Crippen LogP contribution in [0.15, 0.2) is 12.5 Å². The standard InChI is InChI=1S/C24H43N7O5/c1-5-15(4)20(24(35)36)31-22(33)18(8-6-7-9-25)29-23(34)19(11-16-12-27-13-28-16)30-21(32)17(26)10-14(2)3/h12-15,17-20H,5-11,25-26H2,1-4H3,(H,27,28)(H,29,34)(H,30,32)(H,31,33)(H,35,36). The summed E-state index contributed by atoms with van der Waals surface area (Å²) in [6.07, 6.45) is 5.54. The molecule has 0 fully saturated rings. The lowest BCUT2D eigenvalue weighted by Gasteiger charge is -2.26. The molecule has 3 amide bonds. The van der Waals surface area contributed by atoms with Gasteiger partial charge in [0.2, 0.25) is 17.7 Å². The molecule has 0 aliphatic carbocycles. The van der Waals surface area contributed by atoms with E-state index < -0.39 is 47.9 Å². The zero-order chi connectivity index (χ0) is 27.3. The van der Waals surface area contributed by atoms with Crippen molar-refractivity contribution < 1.29 is 24.3 Å². The molecule has 36 heavy (non-hydrogen) atoms. The van der Waals surface area contributed by atoms with Crippen LogP contribution in [0.3, 0.4) is 0 Å². The molecular formula is C24H43N7O5. The summed E-state index contributed by atoms with van der Waals surface area (Å²) in [6.45, 7) is 7.86. The number of carbonyl (C=O) groups excluding carboxylic acids is 3. The maximum Gasteiger partial charge on any atom is 0.326 e. The van der Waals surface area contributed by atoms with Crippen molar-refractivity contribution in [1.29, 1.82) is 0 Å². The van der Waals surface area contributed by atoms with Gasteiger partial charge in [-0.3, -0.25) is 14.4 Å². The molecule has 5 atom stereocenters. The average molecular weight is 510 g/mol. The van der Waals surface area contributed by atoms with Crippen LogP contribution in [0.4, 0.5) is 0 Å². The highest BCUT2D eigenvalue weighted by molar-refractivity contribution is 5.94. The van der Waals surface area contributed by atoms with Gasteiger partial charge in [-0.05, 0) is 44.1 Å². The second kappa shape index (κ2) is 15.9. The molecule has 0 spiro atoms. The first-order valence-electron chi connectivity index (χ1n) is 12.6. The molecule has 0 saturated heterocycles. The summed E-state index contributed by atoms with van der Waals surface area (Å²) in [6, 6.07) is -3.91. The zero-order valence-corrected chi connectivity index (χ0v) is 21.8. The third-order valence-corrected chi connectivity index (χ3v) is 6.03. The Balaban J connectivity index is 3.07. The number of carbonyl (C=O) groups is 4. The molecule has 0 bridgehead atoms. The Morgan fingerprint density at radius 3 is 2.19 bits per heavy atom. The van der Waals surface area contributed by atoms with Gasteiger partial charge < -0.3 is 37.5 Å². The molecule has 0 radical (unpaired) electrons. The monoisotopic (exact) mass is 509 g/mol. The first-order valence-corrected chi connectivity index (χ1v) is 12.6. The van der Waals surface area contributed by atoms with Crippen molar-refractivity contribution >= 4 is 23.7 Å². The molecule has 12 heteroatoms. The van der Waals surface area contributed by atoms with Crippen molar-refractivity contribution in [3.63, 3.8) is 0 Å². The first-order chi connectivity index (χ1) is 17.0. The first kappa shape index (κ1) is 31.0. The number of aliphatic carboxylic acids is 1. The third kappa shape index (κ3) is 10.7. The van der Waals surface area contributed by atoms with E-state index in [2.05, 4.69) is 25.9 Å². The van der Waals surface area contributed by atoms with Gasteiger partial charge >= 0.3 is 5.97 Å². The van der Waals surface area contributed by atoms with E-state index in [4.69, 9.17) is 11.5 Å². The topological polar surface area (TPSA) is 205 Å². The molecule has 204 valence electrons. The number of rotatable bonds is 17. The van der Waals surface area contributed by atoms with Gasteiger partial charge in [-0.15, -0.1) is 0 Å². The number of hydrogen-bond acceptors (Lipinski definition) is 7. The number of imidazole rings is 1. The van der Waals surface area contributed by atoms with Gasteiger partial charge in [0.25, 0.3) is 0 Å². The Morgan fingerprint density at radius 2 is 1.67 bits per heavy atom. The Hall–Kier alpha value is -2.99. The van der Waals surface area contributed by atoms with Crippen molar-refractivity contribution in [2.24, 2.45) is 23.3 Å². The summed E-state index contributed by atoms with van der Waals surface area (Å²) in [4.78, 5) is 57.6. The average Bonchev–Trinajstić information content (AvgIpc) is 3.33. The molecule has 0 aromatic carbocycles. The minimum Gasteiger partial charge on any atom is -0.480 e. The Bertz CT molecular complexity index is 831. The number of amides is 3. The molecule has 0 aliphatic rings. The Labute approximate surface area is 212 Å². The number of aromatic nitrogens is 2. The van der Waals surface area contributed by atoms with E-state index >= 15 is 0 Å². The molecule has 5 unspecified atom stereocenters. The number of hydrogen-bond donors (Lipinski definition) is 7. The van der Waals surface area contributed by atoms with Crippen LogP contribution in [0.1, 0.15) is 65.5 Å². The van der Waals surface area contributed by atoms with E-state index in [0.29, 0.717) is 37.9 Å². The third-order valence-electron chi connectivity index (χ3n) is 6.03. The normalized spacial score (nSPS) is 15.4. The number of nitrogens with one attached hydrogen (secondary N) is 4. The van der Waals surface area contributed by atoms with Crippen LogP contribution in [-0.2, 0) is 25.6 Å². The fourth-order valence-electron chi connectivity index (χ4n) is 3.69. The van der Waals surface area contributed by atoms with Gasteiger partial charge in [0.1, 0.15) is 18.1 Å². The molecule has 9 N–H and O–H groups in total. The van der Waals surface area contributed by atoms with E-state index in [-0.39, 0.29) is 24.7 Å². The number of nitrogens with zero attached hydrogens (tertiary/aromatic N) is 1. The molecule has 1 aromatic rings. The maximum atomic E-state index is 13.3. The van der Waals surface area contributed by atoms with Gasteiger partial charge in [0.05, 0.1) is 12.4 Å². The smallest absolute Gasteiger partial charge is 0.326 e. The fraction of sp³-hybridized carbons (Fsp3) is 0.708. The number of aromatic amines is 1. The summed E-state index contributed by atoms with van der Waals surface area (Å²) in [5, 5.41) is 17.5. The quantitative estimate of drug-likeness (QED) is 0.142. The maximum absolute atomic E-state index is 13.3. The van der Waals surface area contributed by atoms with Crippen LogP contribution in [0.25, 0.3) is 0 Å². The second-order valence-corrected chi connectivity index (χ2v) is 9.63. The van der Waals surface area contributed by atoms with E-state index in [9.17, 15) is 24.3 Å². The Morgan fingerprint density at radius 1 is 1.03 bits per heavy atom. The second-order valence-electron chi connectivity index (χ2n) is 9.63. The fourth-order valence-corrected chi connectivity index (χ4v) is 3.69. The van der Waals surface area contributed by atoms with Crippen LogP contribution < -0.4 is 27.4 Å². The number of carboxylic acid groups (broad SMARTS) is 1. The highest BCUT2D eigenvalue weighted by atomic mass is 16.4. The van der Waals surface area contributed by atoms with Gasteiger partial charge in [-0.25, -0.2) is 9.78 Å². The zero-order valence-electron chi connectivity index (χ0n) is 21.8. The van der Waals surface area contributed by atoms with Crippen LogP contribution in [-0.4, -0.2) is 69.5 Å². The van der Waals surface area contributed by atoms with E-state index in [1.54, 1.807) is 6.92 Å². The predicted molar refractivity (Wildman–Crippen MR) is 136 cm³/mol. The van der Waals surface area contributed by atoms with Crippen LogP contribution >= 0.6 is 0 Å². The summed E-state index contributed by atoms with van der Waals surface area (Å²) in [5.41, 5.74) is 12.2. The van der Waals surface area contributed by atoms with Crippen LogP contribution in [0, 0.1) is 11.8 Å². The number of H-pyrrole nitrogens is 1. The van der Waals surface area contributed by atoms with Crippen molar-refractivity contribution in [1.82, 2.24) is 25.9 Å². The number of carboxylic acids is 1. The van der Waals surface area contributed by atoms with Gasteiger partial charge in [-0.1, -0.05) is 34.1 Å². The van der Waals surface area contributed by atoms with E-state index in [1.807, 2.05) is 20.8 Å². The van der Waals surface area contributed by atoms with Gasteiger partial charge in [-0.2, -0.15) is 0 Å². The lowest BCUT2D eigenvalue weighted by atomic mass is 9.98. The lowest BCUT2D eigenvalue weighted by molar-refractivity contribution is -0.144. The molecule has 1 rings (SSSR count). The highest BCUT2D eigenvalue weighted by Crippen LogP contribution is 2.11. The largest absolute Gasteiger partial charge is 0.480 e. The summed E-state index contributed by atoms with van der Waals surface area (Å²) >= 11 is 0. The van der Waals surface area contributed by atoms with E-state index in [1.165, 1.54) is 12.5 Å². The minimum absolute atomic E-state index is 0.105. The van der Waals surface area contributed by atoms with Crippen LogP contribution in [0.2, 0.25) is 0 Å². The van der Waals surface area contributed by atoms with Crippen molar-refractivity contribution in [2.75, 3.05) is 6.54 Å². The SMILES string of the molecule is CCC(C)C(NC(=O)C(CCCCN)NC(=O)C(Cc1cnc[nH]1)NC(=O)C(N)CC(C)C)C(=O)O. The molecule has 1 heterocycles.